The van der Waals surface area contributed by atoms with Crippen molar-refractivity contribution in [1.82, 2.24) is 0 Å². The monoisotopic (exact) mass is 218 g/mol. The first-order valence-corrected chi connectivity index (χ1v) is 4.85. The fourth-order valence-electron chi connectivity index (χ4n) is 1.31. The molecule has 1 atom stereocenters. The van der Waals surface area contributed by atoms with Gasteiger partial charge in [0.15, 0.2) is 0 Å². The minimum atomic E-state index is -2.89. The third-order valence-corrected chi connectivity index (χ3v) is 2.77. The van der Waals surface area contributed by atoms with Crippen LogP contribution in [0.4, 0.5) is 8.78 Å². The van der Waals surface area contributed by atoms with E-state index >= 15 is 0 Å². The lowest BCUT2D eigenvalue weighted by Crippen LogP contribution is -2.18. The normalized spacial score (nSPS) is 14.1. The minimum absolute atomic E-state index is 0.513. The topological polar surface area (TPSA) is 0 Å². The molecule has 1 unspecified atom stereocenters. The second-order valence-corrected chi connectivity index (χ2v) is 4.12. The molecular weight excluding hydrogens is 206 g/mol. The lowest BCUT2D eigenvalue weighted by Gasteiger charge is -2.19. The number of halogens is 3. The van der Waals surface area contributed by atoms with E-state index in [-0.39, 0.29) is 0 Å². The van der Waals surface area contributed by atoms with Crippen LogP contribution >= 0.6 is 11.6 Å². The lowest BCUT2D eigenvalue weighted by atomic mass is 10.00. The van der Waals surface area contributed by atoms with Crippen LogP contribution in [0.1, 0.15) is 29.0 Å². The Morgan fingerprint density at radius 2 is 1.86 bits per heavy atom. The predicted molar refractivity (Wildman–Crippen MR) is 55.1 cm³/mol. The van der Waals surface area contributed by atoms with Crippen LogP contribution in [0.2, 0.25) is 0 Å². The summed E-state index contributed by atoms with van der Waals surface area (Å²) in [5.74, 6) is -2.89. The number of alkyl halides is 3. The maximum atomic E-state index is 13.0. The Balaban J connectivity index is 3.12. The minimum Gasteiger partial charge on any atom is -0.205 e. The molecular formula is C11H13ClF2. The van der Waals surface area contributed by atoms with Crippen molar-refractivity contribution < 1.29 is 8.78 Å². The number of rotatable bonds is 2. The Bertz CT molecular complexity index is 329. The molecule has 14 heavy (non-hydrogen) atoms. The zero-order valence-corrected chi connectivity index (χ0v) is 9.20. The molecule has 0 nitrogen and oxygen atoms in total. The van der Waals surface area contributed by atoms with E-state index in [9.17, 15) is 8.78 Å². The van der Waals surface area contributed by atoms with Crippen molar-refractivity contribution in [3.8, 4) is 0 Å². The number of benzene rings is 1. The van der Waals surface area contributed by atoms with Gasteiger partial charge in [-0.25, -0.2) is 8.78 Å². The molecule has 0 saturated heterocycles. The summed E-state index contributed by atoms with van der Waals surface area (Å²) in [4.78, 5) is 0. The highest BCUT2D eigenvalue weighted by Crippen LogP contribution is 2.38. The van der Waals surface area contributed by atoms with E-state index in [1.54, 1.807) is 13.0 Å². The molecule has 0 heterocycles. The highest BCUT2D eigenvalue weighted by Gasteiger charge is 2.34. The molecule has 78 valence electrons. The molecule has 0 N–H and O–H groups in total. The Morgan fingerprint density at radius 1 is 1.29 bits per heavy atom. The predicted octanol–water partition coefficient (Wildman–Crippen LogP) is 4.24. The van der Waals surface area contributed by atoms with E-state index in [4.69, 9.17) is 11.6 Å². The number of hydrogen-bond acceptors (Lipinski definition) is 0. The van der Waals surface area contributed by atoms with Gasteiger partial charge in [0.2, 0.25) is 0 Å². The summed E-state index contributed by atoms with van der Waals surface area (Å²) >= 11 is 5.71. The Morgan fingerprint density at radius 3 is 2.36 bits per heavy atom. The van der Waals surface area contributed by atoms with Crippen molar-refractivity contribution in [2.45, 2.75) is 32.1 Å². The van der Waals surface area contributed by atoms with Gasteiger partial charge in [-0.15, -0.1) is 11.6 Å². The van der Waals surface area contributed by atoms with Crippen molar-refractivity contribution in [3.05, 3.63) is 34.9 Å². The van der Waals surface area contributed by atoms with E-state index in [1.807, 2.05) is 19.1 Å². The lowest BCUT2D eigenvalue weighted by molar-refractivity contribution is 0.0168. The Kier molecular flexibility index (Phi) is 3.15. The quantitative estimate of drug-likeness (QED) is 0.652. The van der Waals surface area contributed by atoms with Gasteiger partial charge in [0, 0.05) is 6.92 Å². The molecule has 0 amide bonds. The van der Waals surface area contributed by atoms with Crippen LogP contribution in [0.15, 0.2) is 18.2 Å². The van der Waals surface area contributed by atoms with Crippen molar-refractivity contribution >= 4 is 11.6 Å². The van der Waals surface area contributed by atoms with Crippen LogP contribution < -0.4 is 0 Å². The van der Waals surface area contributed by atoms with E-state index in [0.717, 1.165) is 18.1 Å². The number of hydrogen-bond donors (Lipinski definition) is 0. The molecule has 0 spiro atoms. The summed E-state index contributed by atoms with van der Waals surface area (Å²) in [7, 11) is 0. The smallest absolute Gasteiger partial charge is 0.205 e. The molecule has 1 aromatic carbocycles. The van der Waals surface area contributed by atoms with Crippen molar-refractivity contribution in [3.63, 3.8) is 0 Å². The largest absolute Gasteiger partial charge is 0.265 e. The van der Waals surface area contributed by atoms with Gasteiger partial charge in [-0.1, -0.05) is 23.8 Å². The van der Waals surface area contributed by atoms with Gasteiger partial charge >= 0.3 is 0 Å². The van der Waals surface area contributed by atoms with Crippen LogP contribution in [0, 0.1) is 13.8 Å². The highest BCUT2D eigenvalue weighted by molar-refractivity contribution is 6.21. The van der Waals surface area contributed by atoms with Crippen molar-refractivity contribution in [2.24, 2.45) is 0 Å². The maximum absolute atomic E-state index is 13.0. The van der Waals surface area contributed by atoms with E-state index in [0.29, 0.717) is 5.56 Å². The zero-order chi connectivity index (χ0) is 10.9. The molecule has 1 rings (SSSR count). The van der Waals surface area contributed by atoms with Gasteiger partial charge < -0.3 is 0 Å². The summed E-state index contributed by atoms with van der Waals surface area (Å²) < 4.78 is 26.0. The van der Waals surface area contributed by atoms with Gasteiger partial charge in [-0.3, -0.25) is 0 Å². The van der Waals surface area contributed by atoms with E-state index < -0.39 is 11.3 Å². The number of aryl methyl sites for hydroxylation is 2. The fraction of sp³-hybridized carbons (Fsp3) is 0.455. The zero-order valence-electron chi connectivity index (χ0n) is 8.44. The summed E-state index contributed by atoms with van der Waals surface area (Å²) in [6.07, 6.45) is 0. The summed E-state index contributed by atoms with van der Waals surface area (Å²) in [5, 5.41) is -1.25. The highest BCUT2D eigenvalue weighted by atomic mass is 35.5. The molecule has 0 bridgehead atoms. The first-order chi connectivity index (χ1) is 6.32. The molecule has 1 aromatic rings. The first kappa shape index (κ1) is 11.4. The summed E-state index contributed by atoms with van der Waals surface area (Å²) in [6.45, 7) is 4.49. The van der Waals surface area contributed by atoms with Crippen LogP contribution in [-0.2, 0) is 0 Å². The molecule has 0 aliphatic heterocycles. The Hall–Kier alpha value is -0.630. The van der Waals surface area contributed by atoms with E-state index in [1.165, 1.54) is 0 Å². The molecule has 0 aromatic heterocycles. The first-order valence-electron chi connectivity index (χ1n) is 4.41. The third kappa shape index (κ3) is 2.44. The second kappa shape index (κ2) is 3.85. The second-order valence-electron chi connectivity index (χ2n) is 3.68. The molecule has 0 fully saturated rings. The van der Waals surface area contributed by atoms with Crippen LogP contribution in [0.25, 0.3) is 0 Å². The van der Waals surface area contributed by atoms with Crippen LogP contribution in [0.5, 0.6) is 0 Å². The third-order valence-electron chi connectivity index (χ3n) is 2.15. The maximum Gasteiger partial charge on any atom is 0.265 e. The summed E-state index contributed by atoms with van der Waals surface area (Å²) in [6, 6.07) is 5.41. The molecule has 0 radical (unpaired) electrons. The average Bonchev–Trinajstić information content (AvgIpc) is 2.06. The molecule has 0 saturated carbocycles. The van der Waals surface area contributed by atoms with Crippen molar-refractivity contribution in [2.75, 3.05) is 0 Å². The fourth-order valence-corrected chi connectivity index (χ4v) is 1.54. The molecule has 3 heteroatoms. The molecule has 0 aliphatic rings. The van der Waals surface area contributed by atoms with Crippen LogP contribution in [0.3, 0.4) is 0 Å². The standard InChI is InChI=1S/C11H13ClF2/c1-7-4-5-8(2)9(6-7)10(12)11(3,13)14/h4-6,10H,1-3H3. The van der Waals surface area contributed by atoms with Gasteiger partial charge in [0.25, 0.3) is 5.92 Å². The van der Waals surface area contributed by atoms with Gasteiger partial charge in [0.05, 0.1) is 0 Å². The SMILES string of the molecule is Cc1ccc(C)c(C(Cl)C(C)(F)F)c1. The average molecular weight is 219 g/mol. The van der Waals surface area contributed by atoms with Gasteiger partial charge in [0.1, 0.15) is 5.38 Å². The van der Waals surface area contributed by atoms with Crippen LogP contribution in [-0.4, -0.2) is 5.92 Å². The summed E-state index contributed by atoms with van der Waals surface area (Å²) in [5.41, 5.74) is 2.26. The van der Waals surface area contributed by atoms with Gasteiger partial charge in [-0.2, -0.15) is 0 Å². The van der Waals surface area contributed by atoms with Crippen molar-refractivity contribution in [1.29, 1.82) is 0 Å². The van der Waals surface area contributed by atoms with Gasteiger partial charge in [-0.05, 0) is 25.0 Å². The Labute approximate surface area is 87.9 Å². The van der Waals surface area contributed by atoms with E-state index in [2.05, 4.69) is 0 Å². The molecule has 0 aliphatic carbocycles.